The van der Waals surface area contributed by atoms with Crippen molar-refractivity contribution in [1.29, 1.82) is 0 Å². The topological polar surface area (TPSA) is 59.1 Å². The van der Waals surface area contributed by atoms with Crippen molar-refractivity contribution in [2.45, 2.75) is 39.7 Å². The van der Waals surface area contributed by atoms with E-state index < -0.39 is 10.0 Å². The van der Waals surface area contributed by atoms with Gasteiger partial charge in [0.1, 0.15) is 0 Å². The zero-order chi connectivity index (χ0) is 13.6. The van der Waals surface area contributed by atoms with Gasteiger partial charge in [-0.15, -0.1) is 0 Å². The standard InChI is InChI=1S/C13H22N2O2S/c1-4-5-10-18(16,17)15-13(11(2)3)12-8-6-7-9-14-12/h6-9,11,13,15H,4-5,10H2,1-3H3. The summed E-state index contributed by atoms with van der Waals surface area (Å²) >= 11 is 0. The summed E-state index contributed by atoms with van der Waals surface area (Å²) in [5.41, 5.74) is 0.771. The van der Waals surface area contributed by atoms with Crippen LogP contribution in [0.2, 0.25) is 0 Å². The third kappa shape index (κ3) is 4.74. The fraction of sp³-hybridized carbons (Fsp3) is 0.615. The molecule has 5 heteroatoms. The molecule has 0 radical (unpaired) electrons. The van der Waals surface area contributed by atoms with Crippen molar-refractivity contribution < 1.29 is 8.42 Å². The molecule has 1 atom stereocenters. The van der Waals surface area contributed by atoms with Crippen LogP contribution in [0, 0.1) is 5.92 Å². The van der Waals surface area contributed by atoms with Crippen molar-refractivity contribution in [3.63, 3.8) is 0 Å². The molecule has 1 aromatic heterocycles. The maximum atomic E-state index is 11.9. The number of pyridine rings is 1. The van der Waals surface area contributed by atoms with Crippen molar-refractivity contribution in [2.24, 2.45) is 5.92 Å². The summed E-state index contributed by atoms with van der Waals surface area (Å²) < 4.78 is 26.6. The lowest BCUT2D eigenvalue weighted by Gasteiger charge is -2.21. The molecule has 1 heterocycles. The molecule has 0 aliphatic heterocycles. The lowest BCUT2D eigenvalue weighted by molar-refractivity contribution is 0.453. The van der Waals surface area contributed by atoms with Gasteiger partial charge in [-0.1, -0.05) is 33.3 Å². The SMILES string of the molecule is CCCCS(=O)(=O)NC(c1ccccn1)C(C)C. The van der Waals surface area contributed by atoms with E-state index in [2.05, 4.69) is 9.71 Å². The van der Waals surface area contributed by atoms with Crippen LogP contribution in [0.15, 0.2) is 24.4 Å². The molecule has 0 aromatic carbocycles. The molecule has 4 nitrogen and oxygen atoms in total. The summed E-state index contributed by atoms with van der Waals surface area (Å²) in [6, 6.07) is 5.30. The molecule has 0 bridgehead atoms. The molecular weight excluding hydrogens is 248 g/mol. The molecule has 0 saturated carbocycles. The highest BCUT2D eigenvalue weighted by Gasteiger charge is 2.22. The van der Waals surface area contributed by atoms with Crippen LogP contribution < -0.4 is 4.72 Å². The highest BCUT2D eigenvalue weighted by atomic mass is 32.2. The second-order valence-corrected chi connectivity index (χ2v) is 6.64. The van der Waals surface area contributed by atoms with Crippen LogP contribution in [-0.4, -0.2) is 19.2 Å². The molecular formula is C13H22N2O2S. The van der Waals surface area contributed by atoms with Gasteiger partial charge in [0.2, 0.25) is 10.0 Å². The Morgan fingerprint density at radius 1 is 1.33 bits per heavy atom. The molecule has 1 N–H and O–H groups in total. The van der Waals surface area contributed by atoms with E-state index in [0.29, 0.717) is 6.42 Å². The quantitative estimate of drug-likeness (QED) is 0.828. The Hall–Kier alpha value is -0.940. The Morgan fingerprint density at radius 2 is 2.06 bits per heavy atom. The Balaban J connectivity index is 2.82. The molecule has 1 aromatic rings. The molecule has 0 aliphatic rings. The van der Waals surface area contributed by atoms with Gasteiger partial charge in [-0.3, -0.25) is 4.98 Å². The normalized spacial score (nSPS) is 13.8. The first kappa shape index (κ1) is 15.1. The summed E-state index contributed by atoms with van der Waals surface area (Å²) in [6.07, 6.45) is 3.24. The predicted molar refractivity (Wildman–Crippen MR) is 73.6 cm³/mol. The Morgan fingerprint density at radius 3 is 2.56 bits per heavy atom. The Kier molecular flexibility index (Phi) is 5.75. The van der Waals surface area contributed by atoms with E-state index in [0.717, 1.165) is 12.1 Å². The average molecular weight is 270 g/mol. The zero-order valence-corrected chi connectivity index (χ0v) is 12.1. The fourth-order valence-electron chi connectivity index (χ4n) is 1.68. The van der Waals surface area contributed by atoms with E-state index in [-0.39, 0.29) is 17.7 Å². The fourth-order valence-corrected chi connectivity index (χ4v) is 3.25. The first-order valence-corrected chi connectivity index (χ1v) is 8.02. The summed E-state index contributed by atoms with van der Waals surface area (Å²) in [7, 11) is -3.23. The van der Waals surface area contributed by atoms with Gasteiger partial charge in [-0.05, 0) is 24.5 Å². The highest BCUT2D eigenvalue weighted by Crippen LogP contribution is 2.20. The van der Waals surface area contributed by atoms with Gasteiger partial charge >= 0.3 is 0 Å². The van der Waals surface area contributed by atoms with Crippen molar-refractivity contribution in [3.8, 4) is 0 Å². The molecule has 1 unspecified atom stereocenters. The predicted octanol–water partition coefficient (Wildman–Crippen LogP) is 2.50. The molecule has 0 spiro atoms. The van der Waals surface area contributed by atoms with Crippen LogP contribution >= 0.6 is 0 Å². The number of aromatic nitrogens is 1. The molecule has 1 rings (SSSR count). The van der Waals surface area contributed by atoms with Crippen molar-refractivity contribution in [3.05, 3.63) is 30.1 Å². The minimum absolute atomic E-state index is 0.163. The number of unbranched alkanes of at least 4 members (excludes halogenated alkanes) is 1. The van der Waals surface area contributed by atoms with Crippen molar-refractivity contribution in [2.75, 3.05) is 5.75 Å². The third-order valence-electron chi connectivity index (χ3n) is 2.75. The van der Waals surface area contributed by atoms with Gasteiger partial charge < -0.3 is 0 Å². The smallest absolute Gasteiger partial charge is 0.212 e. The Labute approximate surface area is 110 Å². The largest absolute Gasteiger partial charge is 0.260 e. The lowest BCUT2D eigenvalue weighted by atomic mass is 10.0. The maximum Gasteiger partial charge on any atom is 0.212 e. The summed E-state index contributed by atoms with van der Waals surface area (Å²) in [4.78, 5) is 4.24. The molecule has 0 saturated heterocycles. The van der Waals surface area contributed by atoms with E-state index in [9.17, 15) is 8.42 Å². The number of nitrogens with zero attached hydrogens (tertiary/aromatic N) is 1. The van der Waals surface area contributed by atoms with E-state index in [1.54, 1.807) is 6.20 Å². The third-order valence-corrected chi connectivity index (χ3v) is 4.19. The van der Waals surface area contributed by atoms with E-state index >= 15 is 0 Å². The molecule has 102 valence electrons. The van der Waals surface area contributed by atoms with Crippen LogP contribution in [-0.2, 0) is 10.0 Å². The minimum Gasteiger partial charge on any atom is -0.260 e. The van der Waals surface area contributed by atoms with E-state index in [1.807, 2.05) is 39.0 Å². The summed E-state index contributed by atoms with van der Waals surface area (Å²) in [5, 5.41) is 0. The van der Waals surface area contributed by atoms with Crippen LogP contribution in [0.3, 0.4) is 0 Å². The van der Waals surface area contributed by atoms with Crippen LogP contribution in [0.4, 0.5) is 0 Å². The van der Waals surface area contributed by atoms with Gasteiger partial charge in [0.05, 0.1) is 17.5 Å². The van der Waals surface area contributed by atoms with Crippen LogP contribution in [0.1, 0.15) is 45.3 Å². The lowest BCUT2D eigenvalue weighted by Crippen LogP contribution is -2.34. The van der Waals surface area contributed by atoms with E-state index in [4.69, 9.17) is 0 Å². The van der Waals surface area contributed by atoms with Gasteiger partial charge in [-0.2, -0.15) is 0 Å². The second-order valence-electron chi connectivity index (χ2n) is 4.77. The minimum atomic E-state index is -3.23. The van der Waals surface area contributed by atoms with E-state index in [1.165, 1.54) is 0 Å². The summed E-state index contributed by atoms with van der Waals surface area (Å²) in [6.45, 7) is 5.96. The second kappa shape index (κ2) is 6.85. The average Bonchev–Trinajstić information content (AvgIpc) is 2.34. The Bertz CT molecular complexity index is 443. The monoisotopic (exact) mass is 270 g/mol. The molecule has 0 aliphatic carbocycles. The van der Waals surface area contributed by atoms with Crippen molar-refractivity contribution in [1.82, 2.24) is 9.71 Å². The number of rotatable bonds is 7. The van der Waals surface area contributed by atoms with Crippen LogP contribution in [0.5, 0.6) is 0 Å². The van der Waals surface area contributed by atoms with Gasteiger partial charge in [0.25, 0.3) is 0 Å². The molecule has 0 fully saturated rings. The first-order valence-electron chi connectivity index (χ1n) is 6.37. The number of nitrogens with one attached hydrogen (secondary N) is 1. The first-order chi connectivity index (χ1) is 8.46. The number of hydrogen-bond acceptors (Lipinski definition) is 3. The van der Waals surface area contributed by atoms with Gasteiger partial charge in [0, 0.05) is 6.20 Å². The summed E-state index contributed by atoms with van der Waals surface area (Å²) in [5.74, 6) is 0.343. The number of hydrogen-bond donors (Lipinski definition) is 1. The zero-order valence-electron chi connectivity index (χ0n) is 11.3. The maximum absolute atomic E-state index is 11.9. The van der Waals surface area contributed by atoms with Crippen molar-refractivity contribution >= 4 is 10.0 Å². The molecule has 0 amide bonds. The highest BCUT2D eigenvalue weighted by molar-refractivity contribution is 7.89. The van der Waals surface area contributed by atoms with Gasteiger partial charge in [-0.25, -0.2) is 13.1 Å². The van der Waals surface area contributed by atoms with Gasteiger partial charge in [0.15, 0.2) is 0 Å². The van der Waals surface area contributed by atoms with Crippen LogP contribution in [0.25, 0.3) is 0 Å². The number of sulfonamides is 1. The molecule has 18 heavy (non-hydrogen) atoms.